The number of alkyl halides is 3. The zero-order valence-electron chi connectivity index (χ0n) is 18.1. The monoisotopic (exact) mass is 556 g/mol. The molecular formula is C21H32F3IN4O2. The molecular weight excluding hydrogens is 524 g/mol. The first kappa shape index (κ1) is 26.0. The number of hydrogen-bond acceptors (Lipinski definition) is 4. The molecule has 0 atom stereocenters. The van der Waals surface area contributed by atoms with Crippen LogP contribution in [0.3, 0.4) is 0 Å². The minimum atomic E-state index is -4.43. The van der Waals surface area contributed by atoms with E-state index in [2.05, 4.69) is 10.3 Å². The van der Waals surface area contributed by atoms with Gasteiger partial charge in [-0.1, -0.05) is 6.07 Å². The molecule has 0 spiro atoms. The highest BCUT2D eigenvalue weighted by Crippen LogP contribution is 2.35. The predicted molar refractivity (Wildman–Crippen MR) is 126 cm³/mol. The van der Waals surface area contributed by atoms with E-state index >= 15 is 0 Å². The molecule has 1 heterocycles. The maximum Gasteiger partial charge on any atom is 0.416 e. The van der Waals surface area contributed by atoms with Crippen LogP contribution < -0.4 is 10.2 Å². The lowest BCUT2D eigenvalue weighted by Crippen LogP contribution is -2.40. The van der Waals surface area contributed by atoms with E-state index in [-0.39, 0.29) is 36.1 Å². The van der Waals surface area contributed by atoms with Gasteiger partial charge in [-0.2, -0.15) is 13.2 Å². The van der Waals surface area contributed by atoms with Crippen LogP contribution in [-0.4, -0.2) is 71.0 Å². The van der Waals surface area contributed by atoms with Crippen LogP contribution >= 0.6 is 24.0 Å². The number of halogens is 4. The molecule has 1 aliphatic heterocycles. The van der Waals surface area contributed by atoms with Crippen molar-refractivity contribution in [3.05, 3.63) is 29.3 Å². The van der Waals surface area contributed by atoms with Gasteiger partial charge < -0.3 is 24.6 Å². The number of hydrogen-bond donors (Lipinski definition) is 1. The summed E-state index contributed by atoms with van der Waals surface area (Å²) in [4.78, 5) is 7.97. The second-order valence-electron chi connectivity index (χ2n) is 7.78. The van der Waals surface area contributed by atoms with Crippen molar-refractivity contribution in [3.63, 3.8) is 0 Å². The quantitative estimate of drug-likeness (QED) is 0.230. The van der Waals surface area contributed by atoms with Crippen molar-refractivity contribution in [2.45, 2.75) is 25.6 Å². The third-order valence-corrected chi connectivity index (χ3v) is 5.41. The van der Waals surface area contributed by atoms with E-state index in [1.807, 2.05) is 16.8 Å². The Balaban J connectivity index is 0.00000341. The largest absolute Gasteiger partial charge is 0.416 e. The van der Waals surface area contributed by atoms with Crippen LogP contribution in [0.2, 0.25) is 0 Å². The molecule has 1 N–H and O–H groups in total. The van der Waals surface area contributed by atoms with Gasteiger partial charge in [0.05, 0.1) is 25.4 Å². The summed E-state index contributed by atoms with van der Waals surface area (Å²) in [6.45, 7) is 4.24. The molecule has 1 aromatic rings. The average molecular weight is 556 g/mol. The molecule has 3 rings (SSSR count). The Kier molecular flexibility index (Phi) is 10.1. The van der Waals surface area contributed by atoms with Crippen molar-refractivity contribution < 1.29 is 22.6 Å². The van der Waals surface area contributed by atoms with Crippen LogP contribution in [0.4, 0.5) is 18.9 Å². The second-order valence-corrected chi connectivity index (χ2v) is 7.78. The molecule has 2 fully saturated rings. The number of likely N-dealkylation sites (N-methyl/N-ethyl adjacent to an activating group) is 1. The molecule has 31 heavy (non-hydrogen) atoms. The number of aliphatic imine (C=N–C) groups is 1. The molecule has 176 valence electrons. The van der Waals surface area contributed by atoms with Gasteiger partial charge in [-0.15, -0.1) is 24.0 Å². The van der Waals surface area contributed by atoms with E-state index in [0.29, 0.717) is 57.0 Å². The van der Waals surface area contributed by atoms with Gasteiger partial charge in [-0.05, 0) is 36.5 Å². The highest BCUT2D eigenvalue weighted by atomic mass is 127. The first-order chi connectivity index (χ1) is 14.4. The fourth-order valence-electron chi connectivity index (χ4n) is 3.40. The molecule has 1 aromatic carbocycles. The van der Waals surface area contributed by atoms with E-state index < -0.39 is 11.7 Å². The summed E-state index contributed by atoms with van der Waals surface area (Å²) in [7, 11) is 3.47. The smallest absolute Gasteiger partial charge is 0.379 e. The van der Waals surface area contributed by atoms with Crippen molar-refractivity contribution >= 4 is 35.6 Å². The third kappa shape index (κ3) is 7.98. The molecule has 1 aliphatic carbocycles. The highest BCUT2D eigenvalue weighted by Gasteiger charge is 2.34. The van der Waals surface area contributed by atoms with Gasteiger partial charge >= 0.3 is 6.18 Å². The van der Waals surface area contributed by atoms with Gasteiger partial charge in [-0.3, -0.25) is 4.99 Å². The van der Waals surface area contributed by atoms with Crippen molar-refractivity contribution in [1.29, 1.82) is 0 Å². The fraction of sp³-hybridized carbons (Fsp3) is 0.667. The zero-order chi connectivity index (χ0) is 21.6. The summed E-state index contributed by atoms with van der Waals surface area (Å²) in [5, 5.41) is 3.05. The predicted octanol–water partition coefficient (Wildman–Crippen LogP) is 3.59. The molecule has 0 radical (unpaired) electrons. The van der Waals surface area contributed by atoms with E-state index in [9.17, 15) is 13.2 Å². The normalized spacial score (nSPS) is 17.3. The zero-order valence-corrected chi connectivity index (χ0v) is 20.4. The highest BCUT2D eigenvalue weighted by molar-refractivity contribution is 14.0. The van der Waals surface area contributed by atoms with Crippen LogP contribution in [0.1, 0.15) is 24.0 Å². The summed E-state index contributed by atoms with van der Waals surface area (Å²) < 4.78 is 52.0. The Hall–Kier alpha value is -1.27. The van der Waals surface area contributed by atoms with Crippen molar-refractivity contribution in [2.24, 2.45) is 10.9 Å². The van der Waals surface area contributed by atoms with Crippen LogP contribution in [0.5, 0.6) is 0 Å². The molecule has 0 amide bonds. The second kappa shape index (κ2) is 12.1. The standard InChI is InChI=1S/C21H31F3N4O2.HI/c1-25-20(27(2)7-10-30-15-16-3-4-16)26-14-17-5-6-18(13-19(17)21(22,23)24)28-8-11-29-12-9-28;/h5-6,13,16H,3-4,7-12,14-15H2,1-2H3,(H,25,26);1H. The van der Waals surface area contributed by atoms with E-state index in [4.69, 9.17) is 9.47 Å². The lowest BCUT2D eigenvalue weighted by atomic mass is 10.0. The minimum Gasteiger partial charge on any atom is -0.379 e. The van der Waals surface area contributed by atoms with Crippen LogP contribution in [0.25, 0.3) is 0 Å². The van der Waals surface area contributed by atoms with E-state index in [0.717, 1.165) is 6.61 Å². The number of guanidine groups is 1. The third-order valence-electron chi connectivity index (χ3n) is 5.41. The summed E-state index contributed by atoms with van der Waals surface area (Å²) in [5.41, 5.74) is 0.146. The van der Waals surface area contributed by atoms with Crippen LogP contribution in [0, 0.1) is 5.92 Å². The number of anilines is 1. The average Bonchev–Trinajstić information content (AvgIpc) is 3.56. The molecule has 1 saturated carbocycles. The van der Waals surface area contributed by atoms with Gasteiger partial charge in [0, 0.05) is 52.6 Å². The maximum absolute atomic E-state index is 13.7. The van der Waals surface area contributed by atoms with Gasteiger partial charge in [-0.25, -0.2) is 0 Å². The number of benzene rings is 1. The number of morpholine rings is 1. The first-order valence-corrected chi connectivity index (χ1v) is 10.4. The number of rotatable bonds is 8. The van der Waals surface area contributed by atoms with Gasteiger partial charge in [0.2, 0.25) is 0 Å². The Morgan fingerprint density at radius 3 is 2.61 bits per heavy atom. The van der Waals surface area contributed by atoms with Crippen molar-refractivity contribution in [1.82, 2.24) is 10.2 Å². The minimum absolute atomic E-state index is 0. The molecule has 2 aliphatic rings. The molecule has 0 unspecified atom stereocenters. The molecule has 1 saturated heterocycles. The first-order valence-electron chi connectivity index (χ1n) is 10.4. The molecule has 0 bridgehead atoms. The Morgan fingerprint density at radius 1 is 1.29 bits per heavy atom. The van der Waals surface area contributed by atoms with E-state index in [1.54, 1.807) is 19.2 Å². The number of ether oxygens (including phenoxy) is 2. The van der Waals surface area contributed by atoms with Crippen LogP contribution in [0.15, 0.2) is 23.2 Å². The maximum atomic E-state index is 13.7. The van der Waals surface area contributed by atoms with Gasteiger partial charge in [0.15, 0.2) is 5.96 Å². The lowest BCUT2D eigenvalue weighted by Gasteiger charge is -2.30. The van der Waals surface area contributed by atoms with Gasteiger partial charge in [0.1, 0.15) is 0 Å². The fourth-order valence-corrected chi connectivity index (χ4v) is 3.40. The Labute approximate surface area is 199 Å². The SMILES string of the molecule is CN=C(NCc1ccc(N2CCOCC2)cc1C(F)(F)F)N(C)CCOCC1CC1.I. The summed E-state index contributed by atoms with van der Waals surface area (Å²) >= 11 is 0. The van der Waals surface area contributed by atoms with E-state index in [1.165, 1.54) is 18.9 Å². The summed E-state index contributed by atoms with van der Waals surface area (Å²) in [5.74, 6) is 1.24. The van der Waals surface area contributed by atoms with Crippen molar-refractivity contribution in [2.75, 3.05) is 65.1 Å². The number of nitrogens with one attached hydrogen (secondary N) is 1. The molecule has 6 nitrogen and oxygen atoms in total. The summed E-state index contributed by atoms with van der Waals surface area (Å²) in [6.07, 6.45) is -1.94. The van der Waals surface area contributed by atoms with Crippen molar-refractivity contribution in [3.8, 4) is 0 Å². The van der Waals surface area contributed by atoms with Gasteiger partial charge in [0.25, 0.3) is 0 Å². The number of nitrogens with zero attached hydrogens (tertiary/aromatic N) is 3. The topological polar surface area (TPSA) is 49.3 Å². The lowest BCUT2D eigenvalue weighted by molar-refractivity contribution is -0.138. The Morgan fingerprint density at radius 2 is 2.00 bits per heavy atom. The van der Waals surface area contributed by atoms with Crippen LogP contribution in [-0.2, 0) is 22.2 Å². The molecule has 0 aromatic heterocycles. The molecule has 10 heteroatoms. The summed E-state index contributed by atoms with van der Waals surface area (Å²) in [6, 6.07) is 4.53. The Bertz CT molecular complexity index is 723.